The summed E-state index contributed by atoms with van der Waals surface area (Å²) in [6.07, 6.45) is -9.36. The van der Waals surface area contributed by atoms with Gasteiger partial charge in [0.1, 0.15) is 11.5 Å². The highest BCUT2D eigenvalue weighted by Crippen LogP contribution is 2.38. The molecule has 1 N–H and O–H groups in total. The molecule has 12 heteroatoms. The van der Waals surface area contributed by atoms with Crippen LogP contribution in [-0.4, -0.2) is 22.3 Å². The molecule has 0 radical (unpaired) electrons. The van der Waals surface area contributed by atoms with Crippen molar-refractivity contribution in [1.29, 1.82) is 5.41 Å². The normalized spacial score (nSPS) is 11.9. The molecule has 5 nitrogen and oxygen atoms in total. The number of nitrogens with zero attached hydrogens (tertiary/aromatic N) is 2. The van der Waals surface area contributed by atoms with E-state index >= 15 is 0 Å². The van der Waals surface area contributed by atoms with Crippen LogP contribution in [0.4, 0.5) is 26.3 Å². The number of nitrogens with one attached hydrogen (secondary N) is 1. The van der Waals surface area contributed by atoms with Crippen LogP contribution in [0.5, 0.6) is 11.5 Å². The number of benzene rings is 3. The summed E-state index contributed by atoms with van der Waals surface area (Å²) in [6, 6.07) is 13.7. The van der Waals surface area contributed by atoms with Crippen molar-refractivity contribution in [3.63, 3.8) is 0 Å². The lowest BCUT2D eigenvalue weighted by Gasteiger charge is -2.18. The van der Waals surface area contributed by atoms with E-state index in [-0.39, 0.29) is 71.5 Å². The van der Waals surface area contributed by atoms with Crippen LogP contribution in [0.1, 0.15) is 36.1 Å². The molecule has 3 aromatic carbocycles. The first-order valence-corrected chi connectivity index (χ1v) is 11.8. The highest BCUT2D eigenvalue weighted by Gasteiger charge is 2.36. The lowest BCUT2D eigenvalue weighted by molar-refractivity contribution is -0.139. The number of rotatable bonds is 8. The molecule has 0 bridgehead atoms. The molecule has 0 saturated heterocycles. The summed E-state index contributed by atoms with van der Waals surface area (Å²) in [5.41, 5.74) is -1.66. The predicted octanol–water partition coefficient (Wildman–Crippen LogP) is 7.43. The van der Waals surface area contributed by atoms with E-state index in [1.807, 2.05) is 0 Å². The van der Waals surface area contributed by atoms with Crippen molar-refractivity contribution in [2.24, 2.45) is 0 Å². The van der Waals surface area contributed by atoms with E-state index in [0.717, 1.165) is 12.1 Å². The first-order valence-electron chi connectivity index (χ1n) is 11.8. The number of halogens is 7. The predicted molar refractivity (Wildman–Crippen MR) is 140 cm³/mol. The molecule has 1 aromatic heterocycles. The number of aromatic nitrogens is 2. The van der Waals surface area contributed by atoms with Gasteiger partial charge in [0.15, 0.2) is 0 Å². The van der Waals surface area contributed by atoms with Crippen LogP contribution >= 0.6 is 17.0 Å². The van der Waals surface area contributed by atoms with Gasteiger partial charge in [0.25, 0.3) is 0 Å². The molecule has 0 unspecified atom stereocenters. The van der Waals surface area contributed by atoms with Gasteiger partial charge in [-0.1, -0.05) is 24.3 Å². The monoisotopic (exact) mass is 617 g/mol. The third-order valence-electron chi connectivity index (χ3n) is 6.08. The summed E-state index contributed by atoms with van der Waals surface area (Å²) >= 11 is 0. The van der Waals surface area contributed by atoms with E-state index < -0.39 is 23.5 Å². The van der Waals surface area contributed by atoms with Crippen molar-refractivity contribution in [3.05, 3.63) is 88.5 Å². The SMILES string of the molecule is Br.CCOc1cccc(C(F)(F)F)c1Cn1c(=N)n(Cc2c(OCC)cccc2C(F)(F)F)c2ccccc21. The molecular formula is C27H26BrF6N3O2. The summed E-state index contributed by atoms with van der Waals surface area (Å²) < 4.78 is 97.1. The number of para-hydroxylation sites is 2. The molecule has 0 atom stereocenters. The molecule has 0 saturated carbocycles. The summed E-state index contributed by atoms with van der Waals surface area (Å²) in [7, 11) is 0. The van der Waals surface area contributed by atoms with Crippen LogP contribution in [0.25, 0.3) is 11.0 Å². The van der Waals surface area contributed by atoms with Crippen molar-refractivity contribution in [2.75, 3.05) is 13.2 Å². The van der Waals surface area contributed by atoms with Crippen molar-refractivity contribution < 1.29 is 35.8 Å². The van der Waals surface area contributed by atoms with E-state index in [0.29, 0.717) is 11.0 Å². The number of hydrogen-bond acceptors (Lipinski definition) is 3. The van der Waals surface area contributed by atoms with Crippen molar-refractivity contribution >= 4 is 28.0 Å². The Morgan fingerprint density at radius 2 is 1.03 bits per heavy atom. The summed E-state index contributed by atoms with van der Waals surface area (Å²) in [6.45, 7) is 2.79. The van der Waals surface area contributed by atoms with Gasteiger partial charge in [-0.05, 0) is 50.2 Å². The zero-order chi connectivity index (χ0) is 27.7. The largest absolute Gasteiger partial charge is 0.494 e. The molecule has 1 heterocycles. The van der Waals surface area contributed by atoms with Gasteiger partial charge in [-0.3, -0.25) is 5.41 Å². The Labute approximate surface area is 230 Å². The molecule has 4 rings (SSSR count). The second-order valence-corrected chi connectivity index (χ2v) is 8.41. The Balaban J connectivity index is 0.00000420. The molecule has 0 amide bonds. The Morgan fingerprint density at radius 3 is 1.36 bits per heavy atom. The minimum Gasteiger partial charge on any atom is -0.494 e. The minimum absolute atomic E-state index is 0. The quantitative estimate of drug-likeness (QED) is 0.209. The Hall–Kier alpha value is -3.41. The fourth-order valence-corrected chi connectivity index (χ4v) is 4.50. The zero-order valence-corrected chi connectivity index (χ0v) is 22.7. The molecule has 0 fully saturated rings. The fraction of sp³-hybridized carbons (Fsp3) is 0.296. The average Bonchev–Trinajstić information content (AvgIpc) is 3.11. The average molecular weight is 618 g/mol. The van der Waals surface area contributed by atoms with Crippen LogP contribution in [0, 0.1) is 5.41 Å². The first-order chi connectivity index (χ1) is 18.0. The molecule has 0 spiro atoms. The van der Waals surface area contributed by atoms with Gasteiger partial charge in [-0.15, -0.1) is 17.0 Å². The Morgan fingerprint density at radius 1 is 0.641 bits per heavy atom. The number of ether oxygens (including phenoxy) is 2. The highest BCUT2D eigenvalue weighted by molar-refractivity contribution is 8.93. The molecule has 39 heavy (non-hydrogen) atoms. The van der Waals surface area contributed by atoms with Crippen LogP contribution in [0.3, 0.4) is 0 Å². The van der Waals surface area contributed by atoms with Crippen molar-refractivity contribution in [1.82, 2.24) is 9.13 Å². The van der Waals surface area contributed by atoms with Crippen LogP contribution in [-0.2, 0) is 25.4 Å². The van der Waals surface area contributed by atoms with E-state index in [4.69, 9.17) is 14.9 Å². The number of imidazole rings is 1. The van der Waals surface area contributed by atoms with E-state index in [2.05, 4.69) is 0 Å². The molecule has 4 aromatic rings. The molecule has 0 aliphatic rings. The zero-order valence-electron chi connectivity index (χ0n) is 21.0. The second-order valence-electron chi connectivity index (χ2n) is 8.41. The number of alkyl halides is 6. The third kappa shape index (κ3) is 6.10. The smallest absolute Gasteiger partial charge is 0.416 e. The maximum atomic E-state index is 13.9. The Kier molecular flexibility index (Phi) is 9.09. The summed E-state index contributed by atoms with van der Waals surface area (Å²) in [4.78, 5) is 0. The van der Waals surface area contributed by atoms with E-state index in [1.54, 1.807) is 38.1 Å². The van der Waals surface area contributed by atoms with E-state index in [9.17, 15) is 26.3 Å². The maximum absolute atomic E-state index is 13.9. The van der Waals surface area contributed by atoms with Gasteiger partial charge in [0.05, 0.1) is 48.5 Å². The highest BCUT2D eigenvalue weighted by atomic mass is 79.9. The Bertz CT molecular complexity index is 1400. The van der Waals surface area contributed by atoms with E-state index in [1.165, 1.54) is 33.4 Å². The lowest BCUT2D eigenvalue weighted by Crippen LogP contribution is -2.27. The van der Waals surface area contributed by atoms with Gasteiger partial charge in [-0.2, -0.15) is 26.3 Å². The lowest BCUT2D eigenvalue weighted by atomic mass is 10.1. The fourth-order valence-electron chi connectivity index (χ4n) is 4.50. The van der Waals surface area contributed by atoms with Gasteiger partial charge in [0, 0.05) is 11.1 Å². The van der Waals surface area contributed by atoms with Crippen LogP contribution in [0.15, 0.2) is 60.7 Å². The minimum atomic E-state index is -4.68. The topological polar surface area (TPSA) is 52.2 Å². The summed E-state index contributed by atoms with van der Waals surface area (Å²) in [5, 5.41) is 8.85. The van der Waals surface area contributed by atoms with Crippen molar-refractivity contribution in [3.8, 4) is 11.5 Å². The standard InChI is InChI=1S/C27H25F6N3O2.BrH/c1-3-37-23-13-7-9-19(26(28,29)30)17(23)15-35-21-11-5-6-12-22(21)36(25(35)34)16-18-20(27(31,32)33)10-8-14-24(18)38-4-2;/h5-14,34H,3-4,15-16H2,1-2H3;1H. The molecule has 0 aliphatic heterocycles. The van der Waals surface area contributed by atoms with Gasteiger partial charge >= 0.3 is 12.4 Å². The van der Waals surface area contributed by atoms with Gasteiger partial charge in [-0.25, -0.2) is 0 Å². The molecular weight excluding hydrogens is 592 g/mol. The van der Waals surface area contributed by atoms with Crippen LogP contribution < -0.4 is 15.1 Å². The third-order valence-corrected chi connectivity index (χ3v) is 6.08. The molecule has 0 aliphatic carbocycles. The van der Waals surface area contributed by atoms with Gasteiger partial charge < -0.3 is 18.6 Å². The second kappa shape index (κ2) is 11.8. The molecule has 210 valence electrons. The summed E-state index contributed by atoms with van der Waals surface area (Å²) in [5.74, 6) is 0.0409. The maximum Gasteiger partial charge on any atom is 0.416 e. The van der Waals surface area contributed by atoms with Crippen molar-refractivity contribution in [2.45, 2.75) is 39.3 Å². The van der Waals surface area contributed by atoms with Crippen LogP contribution in [0.2, 0.25) is 0 Å². The number of hydrogen-bond donors (Lipinski definition) is 1. The van der Waals surface area contributed by atoms with Gasteiger partial charge in [0.2, 0.25) is 5.62 Å². The first kappa shape index (κ1) is 30.1. The number of fused-ring (bicyclic) bond motifs is 1.